The molecule has 0 saturated carbocycles. The highest BCUT2D eigenvalue weighted by molar-refractivity contribution is 6.07. The van der Waals surface area contributed by atoms with Crippen LogP contribution in [0.25, 0.3) is 0 Å². The summed E-state index contributed by atoms with van der Waals surface area (Å²) in [6.45, 7) is 7.57. The van der Waals surface area contributed by atoms with Crippen LogP contribution in [0.2, 0.25) is 0 Å². The van der Waals surface area contributed by atoms with E-state index in [0.29, 0.717) is 5.56 Å². The number of imide groups is 1. The SMILES string of the molecule is CC(C)CC(C(=O)O)N1C(=O)C(C(C)C)N(Cc2ccc(C#N)cc2)C1=O. The first-order valence-electron chi connectivity index (χ1n) is 9.02. The smallest absolute Gasteiger partial charge is 0.328 e. The number of benzene rings is 1. The zero-order valence-corrected chi connectivity index (χ0v) is 16.0. The van der Waals surface area contributed by atoms with E-state index in [1.54, 1.807) is 24.3 Å². The Kier molecular flexibility index (Phi) is 6.21. The molecule has 2 atom stereocenters. The third-order valence-corrected chi connectivity index (χ3v) is 4.64. The minimum atomic E-state index is -1.17. The monoisotopic (exact) mass is 371 g/mol. The minimum Gasteiger partial charge on any atom is -0.480 e. The molecule has 1 saturated heterocycles. The second kappa shape index (κ2) is 8.21. The number of carbonyl (C=O) groups is 3. The molecule has 1 heterocycles. The molecule has 3 amide bonds. The molecular formula is C20H25N3O4. The zero-order chi connectivity index (χ0) is 20.3. The largest absolute Gasteiger partial charge is 0.480 e. The van der Waals surface area contributed by atoms with Gasteiger partial charge in [-0.1, -0.05) is 39.8 Å². The molecule has 0 aromatic heterocycles. The van der Waals surface area contributed by atoms with Gasteiger partial charge >= 0.3 is 12.0 Å². The van der Waals surface area contributed by atoms with Gasteiger partial charge in [-0.2, -0.15) is 5.26 Å². The molecule has 1 aromatic carbocycles. The van der Waals surface area contributed by atoms with Crippen LogP contribution in [0.5, 0.6) is 0 Å². The number of rotatable bonds is 7. The van der Waals surface area contributed by atoms with Crippen LogP contribution in [-0.2, 0) is 16.1 Å². The van der Waals surface area contributed by atoms with E-state index in [9.17, 15) is 19.5 Å². The molecule has 1 aliphatic heterocycles. The molecule has 27 heavy (non-hydrogen) atoms. The standard InChI is InChI=1S/C20H25N3O4/c1-12(2)9-16(19(25)26)23-18(24)17(13(3)4)22(20(23)27)11-15-7-5-14(10-21)6-8-15/h5-8,12-13,16-17H,9,11H2,1-4H3,(H,25,26). The minimum absolute atomic E-state index is 0.0248. The number of nitrogens with zero attached hydrogens (tertiary/aromatic N) is 3. The molecule has 0 radical (unpaired) electrons. The fourth-order valence-electron chi connectivity index (χ4n) is 3.37. The van der Waals surface area contributed by atoms with Crippen molar-refractivity contribution in [2.24, 2.45) is 11.8 Å². The number of carboxylic acids is 1. The molecule has 1 aromatic rings. The Morgan fingerprint density at radius 2 is 1.78 bits per heavy atom. The first-order chi connectivity index (χ1) is 12.7. The van der Waals surface area contributed by atoms with Crippen LogP contribution in [0.4, 0.5) is 4.79 Å². The van der Waals surface area contributed by atoms with Crippen LogP contribution in [0.1, 0.15) is 45.2 Å². The Labute approximate surface area is 159 Å². The van der Waals surface area contributed by atoms with Crippen LogP contribution in [0, 0.1) is 23.2 Å². The average molecular weight is 371 g/mol. The van der Waals surface area contributed by atoms with Crippen molar-refractivity contribution in [3.63, 3.8) is 0 Å². The molecule has 0 aliphatic carbocycles. The lowest BCUT2D eigenvalue weighted by molar-refractivity contribution is -0.147. The fourth-order valence-corrected chi connectivity index (χ4v) is 3.37. The van der Waals surface area contributed by atoms with E-state index in [-0.39, 0.29) is 24.8 Å². The van der Waals surface area contributed by atoms with Crippen LogP contribution in [0.15, 0.2) is 24.3 Å². The maximum absolute atomic E-state index is 13.0. The number of urea groups is 1. The lowest BCUT2D eigenvalue weighted by atomic mass is 10.00. The summed E-state index contributed by atoms with van der Waals surface area (Å²) < 4.78 is 0. The van der Waals surface area contributed by atoms with Gasteiger partial charge in [-0.3, -0.25) is 4.79 Å². The van der Waals surface area contributed by atoms with Crippen LogP contribution in [-0.4, -0.2) is 44.9 Å². The average Bonchev–Trinajstić information content (AvgIpc) is 2.83. The molecule has 1 fully saturated rings. The highest BCUT2D eigenvalue weighted by Gasteiger charge is 2.50. The van der Waals surface area contributed by atoms with Crippen molar-refractivity contribution in [2.45, 2.75) is 52.7 Å². The number of carboxylic acid groups (broad SMARTS) is 1. The Morgan fingerprint density at radius 3 is 2.22 bits per heavy atom. The number of amides is 3. The van der Waals surface area contributed by atoms with Gasteiger partial charge in [-0.15, -0.1) is 0 Å². The number of aliphatic carboxylic acids is 1. The van der Waals surface area contributed by atoms with Gasteiger partial charge < -0.3 is 10.0 Å². The summed E-state index contributed by atoms with van der Waals surface area (Å²) in [5.74, 6) is -1.76. The predicted molar refractivity (Wildman–Crippen MR) is 98.4 cm³/mol. The van der Waals surface area contributed by atoms with Gasteiger partial charge in [0.05, 0.1) is 11.6 Å². The number of carbonyl (C=O) groups excluding carboxylic acids is 2. The molecule has 0 bridgehead atoms. The summed E-state index contributed by atoms with van der Waals surface area (Å²) in [4.78, 5) is 40.0. The van der Waals surface area contributed by atoms with Crippen molar-refractivity contribution in [2.75, 3.05) is 0 Å². The van der Waals surface area contributed by atoms with E-state index in [1.807, 2.05) is 33.8 Å². The molecule has 2 unspecified atom stereocenters. The van der Waals surface area contributed by atoms with Crippen LogP contribution >= 0.6 is 0 Å². The highest BCUT2D eigenvalue weighted by atomic mass is 16.4. The van der Waals surface area contributed by atoms with Crippen molar-refractivity contribution in [3.8, 4) is 6.07 Å². The van der Waals surface area contributed by atoms with Gasteiger partial charge in [0.25, 0.3) is 5.91 Å². The van der Waals surface area contributed by atoms with Gasteiger partial charge in [0.1, 0.15) is 12.1 Å². The maximum Gasteiger partial charge on any atom is 0.328 e. The first-order valence-corrected chi connectivity index (χ1v) is 9.02. The summed E-state index contributed by atoms with van der Waals surface area (Å²) in [5, 5.41) is 18.5. The summed E-state index contributed by atoms with van der Waals surface area (Å²) in [6.07, 6.45) is 0.211. The van der Waals surface area contributed by atoms with E-state index in [2.05, 4.69) is 0 Å². The molecule has 0 spiro atoms. The molecule has 1 aliphatic rings. The Bertz CT molecular complexity index is 764. The third-order valence-electron chi connectivity index (χ3n) is 4.64. The number of hydrogen-bond donors (Lipinski definition) is 1. The quantitative estimate of drug-likeness (QED) is 0.743. The topological polar surface area (TPSA) is 102 Å². The Hall–Kier alpha value is -2.88. The lowest BCUT2D eigenvalue weighted by Gasteiger charge is -2.25. The predicted octanol–water partition coefficient (Wildman–Crippen LogP) is 2.85. The van der Waals surface area contributed by atoms with E-state index in [1.165, 1.54) is 4.90 Å². The van der Waals surface area contributed by atoms with E-state index < -0.39 is 30.0 Å². The fraction of sp³-hybridized carbons (Fsp3) is 0.500. The van der Waals surface area contributed by atoms with Crippen molar-refractivity contribution in [1.82, 2.24) is 9.80 Å². The van der Waals surface area contributed by atoms with Crippen LogP contribution in [0.3, 0.4) is 0 Å². The lowest BCUT2D eigenvalue weighted by Crippen LogP contribution is -2.46. The second-order valence-electron chi connectivity index (χ2n) is 7.60. The summed E-state index contributed by atoms with van der Waals surface area (Å²) >= 11 is 0. The second-order valence-corrected chi connectivity index (χ2v) is 7.60. The summed E-state index contributed by atoms with van der Waals surface area (Å²) in [7, 11) is 0. The van der Waals surface area contributed by atoms with Gasteiger partial charge in [-0.25, -0.2) is 14.5 Å². The molecule has 7 heteroatoms. The maximum atomic E-state index is 13.0. The molecule has 1 N–H and O–H groups in total. The van der Waals surface area contributed by atoms with Gasteiger partial charge in [-0.05, 0) is 36.0 Å². The van der Waals surface area contributed by atoms with E-state index in [0.717, 1.165) is 10.5 Å². The van der Waals surface area contributed by atoms with E-state index in [4.69, 9.17) is 5.26 Å². The number of hydrogen-bond acceptors (Lipinski definition) is 4. The van der Waals surface area contributed by atoms with Crippen LogP contribution < -0.4 is 0 Å². The van der Waals surface area contributed by atoms with Crippen molar-refractivity contribution in [3.05, 3.63) is 35.4 Å². The van der Waals surface area contributed by atoms with E-state index >= 15 is 0 Å². The summed E-state index contributed by atoms with van der Waals surface area (Å²) in [5.41, 5.74) is 1.28. The Balaban J connectivity index is 2.35. The Morgan fingerprint density at radius 1 is 1.19 bits per heavy atom. The van der Waals surface area contributed by atoms with Crippen molar-refractivity contribution in [1.29, 1.82) is 5.26 Å². The molecular weight excluding hydrogens is 346 g/mol. The molecule has 7 nitrogen and oxygen atoms in total. The third kappa shape index (κ3) is 4.27. The first kappa shape index (κ1) is 20.4. The van der Waals surface area contributed by atoms with Crippen molar-refractivity contribution >= 4 is 17.9 Å². The van der Waals surface area contributed by atoms with Crippen molar-refractivity contribution < 1.29 is 19.5 Å². The molecule has 144 valence electrons. The highest BCUT2D eigenvalue weighted by Crippen LogP contribution is 2.29. The normalized spacial score (nSPS) is 18.3. The van der Waals surface area contributed by atoms with Gasteiger partial charge in [0.2, 0.25) is 0 Å². The summed E-state index contributed by atoms with van der Waals surface area (Å²) in [6, 6.07) is 6.36. The van der Waals surface area contributed by atoms with Gasteiger partial charge in [0.15, 0.2) is 0 Å². The number of nitriles is 1. The molecule has 2 rings (SSSR count). The van der Waals surface area contributed by atoms with Gasteiger partial charge in [0, 0.05) is 6.54 Å². The zero-order valence-electron chi connectivity index (χ0n) is 16.0.